The lowest BCUT2D eigenvalue weighted by molar-refractivity contribution is 0.329. The van der Waals surface area contributed by atoms with Gasteiger partial charge in [0.15, 0.2) is 0 Å². The Hall–Kier alpha value is 0.270. The van der Waals surface area contributed by atoms with E-state index in [9.17, 15) is 4.55 Å². The van der Waals surface area contributed by atoms with E-state index >= 15 is 0 Å². The summed E-state index contributed by atoms with van der Waals surface area (Å²) in [4.78, 5) is 0. The molecule has 0 spiro atoms. The van der Waals surface area contributed by atoms with Crippen molar-refractivity contribution in [3.8, 4) is 0 Å². The van der Waals surface area contributed by atoms with E-state index in [0.29, 0.717) is 0 Å². The fraction of sp³-hybridized carbons (Fsp3) is 1.00. The number of rotatable bonds is 2. The summed E-state index contributed by atoms with van der Waals surface area (Å²) in [5, 5.41) is 5.35. The van der Waals surface area contributed by atoms with Crippen molar-refractivity contribution in [2.75, 3.05) is 0 Å². The minimum atomic E-state index is -1.22. The maximum atomic E-state index is 11.0. The predicted molar refractivity (Wildman–Crippen MR) is 50.5 cm³/mol. The zero-order valence-electron chi connectivity index (χ0n) is 8.10. The van der Waals surface area contributed by atoms with Gasteiger partial charge in [0, 0.05) is 17.8 Å². The molecule has 68 valence electrons. The summed E-state index contributed by atoms with van der Waals surface area (Å²) >= 11 is -1.22. The summed E-state index contributed by atoms with van der Waals surface area (Å²) in [6, 6.07) is 0. The minimum absolute atomic E-state index is 0.193. The zero-order valence-corrected chi connectivity index (χ0v) is 8.92. The molecule has 3 heteroatoms. The van der Waals surface area contributed by atoms with Crippen LogP contribution in [0.2, 0.25) is 0 Å². The van der Waals surface area contributed by atoms with Crippen molar-refractivity contribution in [2.24, 2.45) is 10.6 Å². The Morgan fingerprint density at radius 1 is 1.18 bits per heavy atom. The largest absolute Gasteiger partial charge is 0.598 e. The zero-order chi connectivity index (χ0) is 9.28. The smallest absolute Gasteiger partial charge is 0.139 e. The van der Waals surface area contributed by atoms with Crippen LogP contribution in [-0.4, -0.2) is 9.30 Å². The van der Waals surface area contributed by atoms with Gasteiger partial charge in [-0.25, -0.2) is 0 Å². The molecule has 2 N–H and O–H groups in total. The first kappa shape index (κ1) is 11.3. The first-order valence-electron chi connectivity index (χ1n) is 3.81. The molecule has 0 fully saturated rings. The van der Waals surface area contributed by atoms with Crippen molar-refractivity contribution in [1.82, 2.24) is 0 Å². The molecule has 0 aromatic carbocycles. The molecule has 0 unspecified atom stereocenters. The Labute approximate surface area is 72.9 Å². The Morgan fingerprint density at radius 2 is 1.55 bits per heavy atom. The van der Waals surface area contributed by atoms with Gasteiger partial charge in [0.2, 0.25) is 0 Å². The second-order valence-corrected chi connectivity index (χ2v) is 6.49. The third-order valence-corrected chi connectivity index (χ3v) is 2.73. The van der Waals surface area contributed by atoms with Crippen LogP contribution in [0.25, 0.3) is 0 Å². The van der Waals surface area contributed by atoms with Gasteiger partial charge < -0.3 is 4.55 Å². The van der Waals surface area contributed by atoms with Crippen LogP contribution in [0.4, 0.5) is 0 Å². The van der Waals surface area contributed by atoms with Crippen LogP contribution in [0.5, 0.6) is 0 Å². The average molecular weight is 177 g/mol. The third kappa shape index (κ3) is 4.67. The quantitative estimate of drug-likeness (QED) is 0.654. The normalized spacial score (nSPS) is 16.6. The Bertz CT molecular complexity index is 127. The second-order valence-electron chi connectivity index (χ2n) is 4.79. The monoisotopic (exact) mass is 177 g/mol. The van der Waals surface area contributed by atoms with Crippen molar-refractivity contribution in [1.29, 1.82) is 0 Å². The van der Waals surface area contributed by atoms with E-state index in [1.165, 1.54) is 0 Å². The van der Waals surface area contributed by atoms with Crippen LogP contribution in [0, 0.1) is 5.41 Å². The maximum Gasteiger partial charge on any atom is 0.139 e. The topological polar surface area (TPSA) is 49.1 Å². The molecule has 1 atom stereocenters. The molecule has 2 nitrogen and oxygen atoms in total. The molecule has 0 heterocycles. The van der Waals surface area contributed by atoms with Crippen LogP contribution < -0.4 is 5.14 Å². The summed E-state index contributed by atoms with van der Waals surface area (Å²) in [7, 11) is 0. The van der Waals surface area contributed by atoms with E-state index in [0.717, 1.165) is 6.42 Å². The molecule has 0 aliphatic carbocycles. The van der Waals surface area contributed by atoms with E-state index in [2.05, 4.69) is 20.8 Å². The number of hydrogen-bond acceptors (Lipinski definition) is 2. The fourth-order valence-corrected chi connectivity index (χ4v) is 1.92. The Morgan fingerprint density at radius 3 is 1.64 bits per heavy atom. The lowest BCUT2D eigenvalue weighted by Gasteiger charge is -2.31. The van der Waals surface area contributed by atoms with Crippen molar-refractivity contribution >= 4 is 11.4 Å². The highest BCUT2D eigenvalue weighted by Gasteiger charge is 2.34. The molecule has 0 radical (unpaired) electrons. The summed E-state index contributed by atoms with van der Waals surface area (Å²) in [5.41, 5.74) is 0.193. The molecule has 0 rings (SSSR count). The van der Waals surface area contributed by atoms with E-state index in [1.807, 2.05) is 13.8 Å². The lowest BCUT2D eigenvalue weighted by atomic mass is 9.86. The van der Waals surface area contributed by atoms with Crippen LogP contribution >= 0.6 is 0 Å². The second kappa shape index (κ2) is 3.33. The maximum absolute atomic E-state index is 11.0. The molecule has 0 aliphatic rings. The van der Waals surface area contributed by atoms with Gasteiger partial charge in [-0.05, 0) is 19.3 Å². The SMILES string of the molecule is CC(C)(C)CC(C)(C)[S@@+](N)[O-]. The van der Waals surface area contributed by atoms with E-state index in [-0.39, 0.29) is 10.2 Å². The highest BCUT2D eigenvalue weighted by atomic mass is 32.2. The molecular weight excluding hydrogens is 158 g/mol. The molecule has 0 saturated heterocycles. The highest BCUT2D eigenvalue weighted by molar-refractivity contribution is 7.90. The lowest BCUT2D eigenvalue weighted by Crippen LogP contribution is -2.40. The van der Waals surface area contributed by atoms with Crippen LogP contribution in [0.3, 0.4) is 0 Å². The summed E-state index contributed by atoms with van der Waals surface area (Å²) in [5.74, 6) is 0. The van der Waals surface area contributed by atoms with Crippen LogP contribution in [0.1, 0.15) is 41.0 Å². The van der Waals surface area contributed by atoms with E-state index in [1.54, 1.807) is 0 Å². The molecule has 0 amide bonds. The first-order chi connectivity index (χ1) is 4.65. The Balaban J connectivity index is 4.13. The van der Waals surface area contributed by atoms with Crippen molar-refractivity contribution in [2.45, 2.75) is 45.8 Å². The van der Waals surface area contributed by atoms with Crippen molar-refractivity contribution < 1.29 is 4.55 Å². The molecule has 11 heavy (non-hydrogen) atoms. The van der Waals surface area contributed by atoms with E-state index < -0.39 is 11.4 Å². The van der Waals surface area contributed by atoms with E-state index in [4.69, 9.17) is 5.14 Å². The first-order valence-corrected chi connectivity index (χ1v) is 5.03. The van der Waals surface area contributed by atoms with Crippen molar-refractivity contribution in [3.05, 3.63) is 0 Å². The standard InChI is InChI=1S/C8H19NOS/c1-7(2,3)6-8(4,5)11(9)10/h6,9H2,1-5H3/t11-/m0/s1. The van der Waals surface area contributed by atoms with Gasteiger partial charge >= 0.3 is 0 Å². The summed E-state index contributed by atoms with van der Waals surface area (Å²) in [6.45, 7) is 10.3. The number of nitrogens with two attached hydrogens (primary N) is 1. The average Bonchev–Trinajstić information content (AvgIpc) is 1.56. The minimum Gasteiger partial charge on any atom is -0.598 e. The molecule has 0 saturated carbocycles. The van der Waals surface area contributed by atoms with Gasteiger partial charge in [-0.15, -0.1) is 0 Å². The van der Waals surface area contributed by atoms with Gasteiger partial charge in [0.05, 0.1) is 0 Å². The summed E-state index contributed by atoms with van der Waals surface area (Å²) < 4.78 is 10.8. The molecule has 0 aromatic rings. The molecular formula is C8H19NOS. The van der Waals surface area contributed by atoms with Crippen molar-refractivity contribution in [3.63, 3.8) is 0 Å². The van der Waals surface area contributed by atoms with Gasteiger partial charge in [-0.1, -0.05) is 20.8 Å². The highest BCUT2D eigenvalue weighted by Crippen LogP contribution is 2.30. The molecule has 0 aliphatic heterocycles. The third-order valence-electron chi connectivity index (χ3n) is 1.50. The predicted octanol–water partition coefficient (Wildman–Crippen LogP) is 1.82. The fourth-order valence-electron chi connectivity index (χ4n) is 1.35. The van der Waals surface area contributed by atoms with Gasteiger partial charge in [0.25, 0.3) is 0 Å². The van der Waals surface area contributed by atoms with Crippen LogP contribution in [0.15, 0.2) is 0 Å². The van der Waals surface area contributed by atoms with Gasteiger partial charge in [0.1, 0.15) is 4.75 Å². The number of hydrogen-bond donors (Lipinski definition) is 1. The van der Waals surface area contributed by atoms with Gasteiger partial charge in [-0.2, -0.15) is 5.14 Å². The van der Waals surface area contributed by atoms with Gasteiger partial charge in [-0.3, -0.25) is 0 Å². The molecule has 0 aromatic heterocycles. The van der Waals surface area contributed by atoms with Crippen LogP contribution in [-0.2, 0) is 11.4 Å². The molecule has 0 bridgehead atoms. The Kier molecular flexibility index (Phi) is 3.42. The summed E-state index contributed by atoms with van der Waals surface area (Å²) in [6.07, 6.45) is 0.878.